The van der Waals surface area contributed by atoms with Crippen molar-refractivity contribution in [3.63, 3.8) is 0 Å². The lowest BCUT2D eigenvalue weighted by Gasteiger charge is -2.22. The summed E-state index contributed by atoms with van der Waals surface area (Å²) in [5.74, 6) is 0.304. The Hall–Kier alpha value is -1.44. The van der Waals surface area contributed by atoms with Crippen LogP contribution in [0.2, 0.25) is 0 Å². The van der Waals surface area contributed by atoms with E-state index in [-0.39, 0.29) is 37.2 Å². The predicted molar refractivity (Wildman–Crippen MR) is 73.1 cm³/mol. The van der Waals surface area contributed by atoms with Crippen LogP contribution in [0.1, 0.15) is 26.5 Å². The molecular weight excluding hydrogens is 262 g/mol. The molecule has 3 N–H and O–H groups in total. The normalized spacial score (nSPS) is 29.8. The van der Waals surface area contributed by atoms with Crippen molar-refractivity contribution in [3.05, 3.63) is 22.7 Å². The van der Waals surface area contributed by atoms with Crippen LogP contribution in [0.15, 0.2) is 17.1 Å². The average molecular weight is 283 g/mol. The lowest BCUT2D eigenvalue weighted by molar-refractivity contribution is -0.0719. The van der Waals surface area contributed by atoms with Crippen molar-refractivity contribution in [2.45, 2.75) is 38.7 Å². The van der Waals surface area contributed by atoms with Gasteiger partial charge in [0.1, 0.15) is 11.9 Å². The number of aliphatic hydroxyl groups excluding tert-OH is 1. The van der Waals surface area contributed by atoms with Crippen molar-refractivity contribution in [2.24, 2.45) is 5.92 Å². The van der Waals surface area contributed by atoms with Crippen molar-refractivity contribution in [3.8, 4) is 0 Å². The summed E-state index contributed by atoms with van der Waals surface area (Å²) < 4.78 is 13.0. The third-order valence-electron chi connectivity index (χ3n) is 3.63. The van der Waals surface area contributed by atoms with Crippen LogP contribution in [0, 0.1) is 5.92 Å². The van der Waals surface area contributed by atoms with Crippen molar-refractivity contribution in [2.75, 3.05) is 18.9 Å². The van der Waals surface area contributed by atoms with Gasteiger partial charge in [0.05, 0.1) is 19.3 Å². The molecule has 4 unspecified atom stereocenters. The van der Waals surface area contributed by atoms with E-state index in [1.54, 1.807) is 12.3 Å². The van der Waals surface area contributed by atoms with Gasteiger partial charge >= 0.3 is 5.69 Å². The van der Waals surface area contributed by atoms with Crippen LogP contribution in [-0.4, -0.2) is 40.1 Å². The van der Waals surface area contributed by atoms with Crippen LogP contribution in [0.3, 0.4) is 0 Å². The minimum atomic E-state index is -0.540. The van der Waals surface area contributed by atoms with Gasteiger partial charge in [0.25, 0.3) is 0 Å². The fourth-order valence-electron chi connectivity index (χ4n) is 2.59. The molecule has 0 bridgehead atoms. The number of ether oxygens (including phenoxy) is 2. The summed E-state index contributed by atoms with van der Waals surface area (Å²) in [5.41, 5.74) is 5.03. The van der Waals surface area contributed by atoms with Crippen LogP contribution in [0.4, 0.5) is 5.82 Å². The Bertz CT molecular complexity index is 505. The van der Waals surface area contributed by atoms with E-state index < -0.39 is 11.9 Å². The van der Waals surface area contributed by atoms with Gasteiger partial charge in [0.15, 0.2) is 6.23 Å². The van der Waals surface area contributed by atoms with Crippen LogP contribution >= 0.6 is 0 Å². The average Bonchev–Trinajstić information content (AvgIpc) is 2.73. The number of aliphatic hydroxyl groups is 1. The smallest absolute Gasteiger partial charge is 0.351 e. The highest BCUT2D eigenvalue weighted by Crippen LogP contribution is 2.36. The number of nitrogen functional groups attached to an aromatic ring is 1. The molecular formula is C13H21N3O4. The van der Waals surface area contributed by atoms with E-state index in [4.69, 9.17) is 20.3 Å². The number of hydrogen-bond acceptors (Lipinski definition) is 6. The predicted octanol–water partition coefficient (Wildman–Crippen LogP) is 0.146. The van der Waals surface area contributed by atoms with Gasteiger partial charge < -0.3 is 20.3 Å². The van der Waals surface area contributed by atoms with Gasteiger partial charge in [-0.15, -0.1) is 0 Å². The van der Waals surface area contributed by atoms with Gasteiger partial charge in [-0.1, -0.05) is 13.8 Å². The van der Waals surface area contributed by atoms with Crippen LogP contribution in [0.25, 0.3) is 0 Å². The molecule has 2 heterocycles. The molecule has 7 heteroatoms. The molecule has 0 aromatic carbocycles. The Kier molecular flexibility index (Phi) is 4.74. The number of anilines is 1. The van der Waals surface area contributed by atoms with Crippen LogP contribution < -0.4 is 11.4 Å². The molecule has 4 atom stereocenters. The molecule has 1 aromatic rings. The Labute approximate surface area is 117 Å². The highest BCUT2D eigenvalue weighted by Gasteiger charge is 2.43. The lowest BCUT2D eigenvalue weighted by Crippen LogP contribution is -2.35. The van der Waals surface area contributed by atoms with Gasteiger partial charge in [-0.3, -0.25) is 4.57 Å². The zero-order valence-electron chi connectivity index (χ0n) is 11.7. The molecule has 2 rings (SSSR count). The molecule has 0 amide bonds. The molecule has 1 fully saturated rings. The summed E-state index contributed by atoms with van der Waals surface area (Å²) in [7, 11) is 0. The Morgan fingerprint density at radius 1 is 1.60 bits per heavy atom. The highest BCUT2D eigenvalue weighted by molar-refractivity contribution is 5.23. The summed E-state index contributed by atoms with van der Waals surface area (Å²) in [6, 6.07) is 1.55. The van der Waals surface area contributed by atoms with Gasteiger partial charge in [0.2, 0.25) is 0 Å². The lowest BCUT2D eigenvalue weighted by atomic mass is 9.98. The van der Waals surface area contributed by atoms with Crippen molar-refractivity contribution in [1.82, 2.24) is 9.55 Å². The minimum Gasteiger partial charge on any atom is -0.394 e. The Balaban J connectivity index is 2.29. The summed E-state index contributed by atoms with van der Waals surface area (Å²) in [6.07, 6.45) is 1.56. The molecule has 1 aliphatic rings. The quantitative estimate of drug-likeness (QED) is 0.797. The molecule has 0 radical (unpaired) electrons. The van der Waals surface area contributed by atoms with Gasteiger partial charge in [-0.05, 0) is 12.5 Å². The second-order valence-corrected chi connectivity index (χ2v) is 4.93. The van der Waals surface area contributed by atoms with Crippen molar-refractivity contribution >= 4 is 5.82 Å². The third kappa shape index (κ3) is 2.84. The molecule has 1 saturated heterocycles. The third-order valence-corrected chi connectivity index (χ3v) is 3.63. The van der Waals surface area contributed by atoms with E-state index in [9.17, 15) is 4.79 Å². The first-order valence-electron chi connectivity index (χ1n) is 6.81. The first kappa shape index (κ1) is 15.0. The zero-order chi connectivity index (χ0) is 14.7. The van der Waals surface area contributed by atoms with E-state index in [0.29, 0.717) is 0 Å². The first-order valence-corrected chi connectivity index (χ1v) is 6.81. The maximum absolute atomic E-state index is 11.9. The van der Waals surface area contributed by atoms with Crippen LogP contribution in [0.5, 0.6) is 0 Å². The van der Waals surface area contributed by atoms with Gasteiger partial charge in [0, 0.05) is 12.1 Å². The molecule has 0 spiro atoms. The standard InChI is InChI=1S/C13H21N3O4/c1-3-9-8(2)11(19-7-6-17)12(20-9)16-5-4-10(14)15-13(16)18/h4-5,8-9,11-12,17H,3,6-7H2,1-2H3,(H2,14,15,18). The van der Waals surface area contributed by atoms with E-state index in [2.05, 4.69) is 4.98 Å². The second-order valence-electron chi connectivity index (χ2n) is 4.93. The largest absolute Gasteiger partial charge is 0.394 e. The summed E-state index contributed by atoms with van der Waals surface area (Å²) in [6.45, 7) is 4.19. The van der Waals surface area contributed by atoms with E-state index in [1.165, 1.54) is 4.57 Å². The fourth-order valence-corrected chi connectivity index (χ4v) is 2.59. The highest BCUT2D eigenvalue weighted by atomic mass is 16.6. The monoisotopic (exact) mass is 283 g/mol. The van der Waals surface area contributed by atoms with Gasteiger partial charge in [-0.25, -0.2) is 4.79 Å². The number of hydrogen-bond donors (Lipinski definition) is 2. The van der Waals surface area contributed by atoms with Crippen molar-refractivity contribution < 1.29 is 14.6 Å². The minimum absolute atomic E-state index is 0.00754. The van der Waals surface area contributed by atoms with Crippen molar-refractivity contribution in [1.29, 1.82) is 0 Å². The molecule has 0 saturated carbocycles. The second kappa shape index (κ2) is 6.34. The summed E-state index contributed by atoms with van der Waals surface area (Å²) in [5, 5.41) is 8.92. The number of nitrogens with two attached hydrogens (primary N) is 1. The summed E-state index contributed by atoms with van der Waals surface area (Å²) in [4.78, 5) is 15.6. The van der Waals surface area contributed by atoms with Gasteiger partial charge in [-0.2, -0.15) is 4.98 Å². The topological polar surface area (TPSA) is 99.6 Å². The van der Waals surface area contributed by atoms with E-state index in [0.717, 1.165) is 6.42 Å². The zero-order valence-corrected chi connectivity index (χ0v) is 11.7. The Morgan fingerprint density at radius 3 is 2.95 bits per heavy atom. The summed E-state index contributed by atoms with van der Waals surface area (Å²) >= 11 is 0. The van der Waals surface area contributed by atoms with Crippen LogP contribution in [-0.2, 0) is 9.47 Å². The molecule has 20 heavy (non-hydrogen) atoms. The number of aromatic nitrogens is 2. The number of nitrogens with zero attached hydrogens (tertiary/aromatic N) is 2. The molecule has 112 valence electrons. The molecule has 7 nitrogen and oxygen atoms in total. The molecule has 1 aromatic heterocycles. The first-order chi connectivity index (χ1) is 9.58. The van der Waals surface area contributed by atoms with E-state index >= 15 is 0 Å². The molecule has 0 aliphatic carbocycles. The van der Waals surface area contributed by atoms with E-state index in [1.807, 2.05) is 13.8 Å². The molecule has 1 aliphatic heterocycles. The maximum atomic E-state index is 11.9. The fraction of sp³-hybridized carbons (Fsp3) is 0.692. The maximum Gasteiger partial charge on any atom is 0.351 e. The SMILES string of the molecule is CCC1OC(n2ccc(N)nc2=O)C(OCCO)C1C. The Morgan fingerprint density at radius 2 is 2.35 bits per heavy atom. The number of rotatable bonds is 5.